The number of aliphatic hydroxyl groups excluding tert-OH is 1. The van der Waals surface area contributed by atoms with Crippen LogP contribution in [0.15, 0.2) is 24.3 Å². The molecule has 2 amide bonds. The molecule has 0 bridgehead atoms. The summed E-state index contributed by atoms with van der Waals surface area (Å²) in [7, 11) is 0. The Balaban J connectivity index is 2.19. The first-order valence-corrected chi connectivity index (χ1v) is 6.92. The van der Waals surface area contributed by atoms with E-state index in [9.17, 15) is 14.3 Å². The Morgan fingerprint density at radius 1 is 1.30 bits per heavy atom. The maximum atomic E-state index is 13.3. The van der Waals surface area contributed by atoms with E-state index in [4.69, 9.17) is 0 Å². The summed E-state index contributed by atoms with van der Waals surface area (Å²) in [4.78, 5) is 11.5. The Labute approximate surface area is 119 Å². The number of hydrogen-bond acceptors (Lipinski definition) is 2. The number of benzene rings is 1. The van der Waals surface area contributed by atoms with Crippen LogP contribution in [0.3, 0.4) is 0 Å². The second-order valence-electron chi connectivity index (χ2n) is 5.17. The number of nitrogens with one attached hydrogen (secondary N) is 2. The Morgan fingerprint density at radius 2 is 2.00 bits per heavy atom. The van der Waals surface area contributed by atoms with Gasteiger partial charge in [-0.15, -0.1) is 0 Å². The van der Waals surface area contributed by atoms with Crippen molar-refractivity contribution in [1.82, 2.24) is 10.6 Å². The molecule has 0 aromatic heterocycles. The Bertz CT molecular complexity index is 424. The zero-order chi connectivity index (χ0) is 15.0. The van der Waals surface area contributed by atoms with Crippen LogP contribution in [0, 0.1) is 11.7 Å². The average molecular weight is 282 g/mol. The molecule has 4 nitrogen and oxygen atoms in total. The number of aliphatic hydroxyl groups is 1. The van der Waals surface area contributed by atoms with Crippen molar-refractivity contribution in [2.45, 2.75) is 32.8 Å². The van der Waals surface area contributed by atoms with Gasteiger partial charge in [-0.05, 0) is 37.3 Å². The monoisotopic (exact) mass is 282 g/mol. The fourth-order valence-electron chi connectivity index (χ4n) is 2.01. The van der Waals surface area contributed by atoms with Crippen LogP contribution in [-0.2, 0) is 6.42 Å². The molecule has 0 aliphatic carbocycles. The summed E-state index contributed by atoms with van der Waals surface area (Å²) < 4.78 is 13.3. The smallest absolute Gasteiger partial charge is 0.314 e. The number of carbonyl (C=O) groups is 1. The van der Waals surface area contributed by atoms with E-state index < -0.39 is 0 Å². The highest BCUT2D eigenvalue weighted by atomic mass is 19.1. The fraction of sp³-hybridized carbons (Fsp3) is 0.533. The predicted molar refractivity (Wildman–Crippen MR) is 77.0 cm³/mol. The third-order valence-electron chi connectivity index (χ3n) is 2.99. The summed E-state index contributed by atoms with van der Waals surface area (Å²) in [6.45, 7) is 4.59. The molecule has 0 aliphatic heterocycles. The number of halogens is 1. The van der Waals surface area contributed by atoms with Crippen LogP contribution in [0.25, 0.3) is 0 Å². The van der Waals surface area contributed by atoms with Gasteiger partial charge in [-0.1, -0.05) is 25.1 Å². The number of amides is 2. The van der Waals surface area contributed by atoms with E-state index in [-0.39, 0.29) is 23.9 Å². The van der Waals surface area contributed by atoms with Gasteiger partial charge in [0, 0.05) is 13.1 Å². The van der Waals surface area contributed by atoms with E-state index in [1.54, 1.807) is 25.1 Å². The predicted octanol–water partition coefficient (Wildman–Crippen LogP) is 2.07. The number of carbonyl (C=O) groups excluding carboxylic acids is 1. The number of rotatable bonds is 7. The van der Waals surface area contributed by atoms with E-state index in [0.717, 1.165) is 0 Å². The summed E-state index contributed by atoms with van der Waals surface area (Å²) in [5.41, 5.74) is 0.593. The highest BCUT2D eigenvalue weighted by Gasteiger charge is 2.08. The summed E-state index contributed by atoms with van der Waals surface area (Å²) in [5, 5.41) is 14.6. The van der Waals surface area contributed by atoms with Crippen molar-refractivity contribution in [3.63, 3.8) is 0 Å². The zero-order valence-corrected chi connectivity index (χ0v) is 12.0. The van der Waals surface area contributed by atoms with Gasteiger partial charge in [-0.25, -0.2) is 9.18 Å². The van der Waals surface area contributed by atoms with Gasteiger partial charge in [0.25, 0.3) is 0 Å². The third-order valence-corrected chi connectivity index (χ3v) is 2.99. The van der Waals surface area contributed by atoms with Crippen molar-refractivity contribution in [2.24, 2.45) is 5.92 Å². The second kappa shape index (κ2) is 8.53. The molecule has 0 aliphatic rings. The second-order valence-corrected chi connectivity index (χ2v) is 5.17. The van der Waals surface area contributed by atoms with Crippen LogP contribution in [0.2, 0.25) is 0 Å². The lowest BCUT2D eigenvalue weighted by Gasteiger charge is -2.14. The Kier molecular flexibility index (Phi) is 7.01. The lowest BCUT2D eigenvalue weighted by Crippen LogP contribution is -2.39. The molecule has 0 spiro atoms. The van der Waals surface area contributed by atoms with Crippen LogP contribution < -0.4 is 10.6 Å². The summed E-state index contributed by atoms with van der Waals surface area (Å²) in [6, 6.07) is 6.27. The van der Waals surface area contributed by atoms with Crippen molar-refractivity contribution in [2.75, 3.05) is 13.1 Å². The standard InChI is InChI=1S/C15H23FN2O2/c1-11(9-12(2)19)10-18-15(20)17-8-7-13-5-3-4-6-14(13)16/h3-6,11-12,19H,7-10H2,1-2H3,(H2,17,18,20). The minimum Gasteiger partial charge on any atom is -0.393 e. The first-order valence-electron chi connectivity index (χ1n) is 6.92. The third kappa shape index (κ3) is 6.52. The number of urea groups is 1. The highest BCUT2D eigenvalue weighted by molar-refractivity contribution is 5.73. The van der Waals surface area contributed by atoms with Gasteiger partial charge in [0.1, 0.15) is 5.82 Å². The molecular formula is C15H23FN2O2. The van der Waals surface area contributed by atoms with Gasteiger partial charge in [-0.3, -0.25) is 0 Å². The van der Waals surface area contributed by atoms with Crippen LogP contribution in [0.1, 0.15) is 25.8 Å². The summed E-state index contributed by atoms with van der Waals surface area (Å²) >= 11 is 0. The Hall–Kier alpha value is -1.62. The molecule has 0 radical (unpaired) electrons. The molecule has 20 heavy (non-hydrogen) atoms. The molecule has 2 unspecified atom stereocenters. The Morgan fingerprint density at radius 3 is 2.65 bits per heavy atom. The molecular weight excluding hydrogens is 259 g/mol. The van der Waals surface area contributed by atoms with Gasteiger partial charge >= 0.3 is 6.03 Å². The molecule has 2 atom stereocenters. The van der Waals surface area contributed by atoms with Gasteiger partial charge in [0.05, 0.1) is 6.10 Å². The maximum absolute atomic E-state index is 13.3. The quantitative estimate of drug-likeness (QED) is 0.717. The van der Waals surface area contributed by atoms with Crippen LogP contribution in [0.4, 0.5) is 9.18 Å². The normalized spacial score (nSPS) is 13.6. The molecule has 112 valence electrons. The molecule has 0 saturated heterocycles. The summed E-state index contributed by atoms with van der Waals surface area (Å²) in [5.74, 6) is -0.0346. The first kappa shape index (κ1) is 16.4. The molecule has 0 heterocycles. The highest BCUT2D eigenvalue weighted by Crippen LogP contribution is 2.06. The van der Waals surface area contributed by atoms with E-state index in [1.807, 2.05) is 6.92 Å². The topological polar surface area (TPSA) is 61.4 Å². The lowest BCUT2D eigenvalue weighted by atomic mass is 10.1. The maximum Gasteiger partial charge on any atom is 0.314 e. The largest absolute Gasteiger partial charge is 0.393 e. The van der Waals surface area contributed by atoms with Crippen molar-refractivity contribution < 1.29 is 14.3 Å². The SMILES string of the molecule is CC(O)CC(C)CNC(=O)NCCc1ccccc1F. The molecule has 1 rings (SSSR count). The van der Waals surface area contributed by atoms with Gasteiger partial charge in [0.2, 0.25) is 0 Å². The van der Waals surface area contributed by atoms with E-state index in [1.165, 1.54) is 6.07 Å². The van der Waals surface area contributed by atoms with Crippen LogP contribution in [-0.4, -0.2) is 30.3 Å². The van der Waals surface area contributed by atoms with Gasteiger partial charge in [0.15, 0.2) is 0 Å². The van der Waals surface area contributed by atoms with Crippen LogP contribution in [0.5, 0.6) is 0 Å². The van der Waals surface area contributed by atoms with Crippen molar-refractivity contribution in [3.8, 4) is 0 Å². The molecule has 3 N–H and O–H groups in total. The lowest BCUT2D eigenvalue weighted by molar-refractivity contribution is 0.163. The fourth-order valence-corrected chi connectivity index (χ4v) is 2.01. The minimum absolute atomic E-state index is 0.215. The van der Waals surface area contributed by atoms with Crippen molar-refractivity contribution >= 4 is 6.03 Å². The van der Waals surface area contributed by atoms with E-state index in [0.29, 0.717) is 31.5 Å². The molecule has 1 aromatic rings. The molecule has 0 saturated carbocycles. The van der Waals surface area contributed by atoms with E-state index in [2.05, 4.69) is 10.6 Å². The molecule has 5 heteroatoms. The minimum atomic E-state index is -0.365. The average Bonchev–Trinajstić information content (AvgIpc) is 2.38. The van der Waals surface area contributed by atoms with E-state index >= 15 is 0 Å². The number of hydrogen-bond donors (Lipinski definition) is 3. The van der Waals surface area contributed by atoms with Crippen LogP contribution >= 0.6 is 0 Å². The first-order chi connectivity index (χ1) is 9.49. The summed E-state index contributed by atoms with van der Waals surface area (Å²) in [6.07, 6.45) is 0.745. The van der Waals surface area contributed by atoms with Crippen molar-refractivity contribution in [1.29, 1.82) is 0 Å². The van der Waals surface area contributed by atoms with Crippen molar-refractivity contribution in [3.05, 3.63) is 35.6 Å². The molecule has 1 aromatic carbocycles. The zero-order valence-electron chi connectivity index (χ0n) is 12.0. The molecule has 0 fully saturated rings. The van der Waals surface area contributed by atoms with Gasteiger partial charge < -0.3 is 15.7 Å². The van der Waals surface area contributed by atoms with Gasteiger partial charge in [-0.2, -0.15) is 0 Å².